The van der Waals surface area contributed by atoms with E-state index in [9.17, 15) is 0 Å². The third-order valence-electron chi connectivity index (χ3n) is 6.67. The highest BCUT2D eigenvalue weighted by Gasteiger charge is 2.54. The summed E-state index contributed by atoms with van der Waals surface area (Å²) in [4.78, 5) is 0. The van der Waals surface area contributed by atoms with E-state index in [2.05, 4.69) is 0 Å². The van der Waals surface area contributed by atoms with E-state index in [-0.39, 0.29) is 7.74 Å². The van der Waals surface area contributed by atoms with Crippen molar-refractivity contribution in [1.82, 2.24) is 0 Å². The average molecular weight is 381 g/mol. The molecule has 109 valence electrons. The van der Waals surface area contributed by atoms with E-state index in [1.165, 1.54) is 0 Å². The molecule has 35 radical (unpaired) electrons. The molecule has 0 unspecified atom stereocenters. The van der Waals surface area contributed by atoms with E-state index >= 15 is 0 Å². The minimum atomic E-state index is -1.08. The summed E-state index contributed by atoms with van der Waals surface area (Å²) < 4.78 is 0. The number of hydrogen-bond donors (Lipinski definition) is 0. The van der Waals surface area contributed by atoms with E-state index in [0.29, 0.717) is 0 Å². The Balaban J connectivity index is 7.70. The van der Waals surface area contributed by atoms with Crippen LogP contribution in [0.25, 0.3) is 0 Å². The summed E-state index contributed by atoms with van der Waals surface area (Å²) in [5.74, 6) is 0. The lowest BCUT2D eigenvalue weighted by atomic mass is 8.29. The fourth-order valence-electron chi connectivity index (χ4n) is 5.39. The molecule has 0 fully saturated rings. The highest BCUT2D eigenvalue weighted by Crippen LogP contribution is 2.16. The van der Waals surface area contributed by atoms with Gasteiger partial charge < -0.3 is 0 Å². The first-order chi connectivity index (χ1) is 15.9. The van der Waals surface area contributed by atoms with Gasteiger partial charge in [0.2, 0.25) is 0 Å². The molecule has 0 amide bonds. The Kier molecular flexibility index (Phi) is 18.3. The molecule has 0 aliphatic carbocycles. The first-order valence-corrected chi connectivity index (χ1v) is 11.0. The Hall–Kier alpha value is 2.27. The Morgan fingerprint density at radius 3 is 0.629 bits per heavy atom. The first kappa shape index (κ1) is 37.3. The van der Waals surface area contributed by atoms with Crippen molar-refractivity contribution in [2.75, 3.05) is 0 Å². The van der Waals surface area contributed by atoms with Crippen molar-refractivity contribution >= 4 is 248 Å². The topological polar surface area (TPSA) is 0 Å². The second kappa shape index (κ2) is 17.2. The lowest BCUT2D eigenvalue weighted by Gasteiger charge is -2.52. The molecular formula is H3B35-. The van der Waals surface area contributed by atoms with Gasteiger partial charge in [0.15, 0.2) is 0 Å². The van der Waals surface area contributed by atoms with Crippen LogP contribution in [0.5, 0.6) is 0 Å². The largest absolute Gasteiger partial charge is 0.158 e. The normalized spacial score (nSPS) is 9.51. The van der Waals surface area contributed by atoms with Crippen molar-refractivity contribution in [2.45, 2.75) is 0 Å². The van der Waals surface area contributed by atoms with Crippen LogP contribution in [0, 0.1) is 0 Å². The zero-order valence-electron chi connectivity index (χ0n) is 19.6. The molecule has 0 heterocycles. The van der Waals surface area contributed by atoms with E-state index in [1.807, 2.05) is 7.06 Å². The first-order valence-electron chi connectivity index (χ1n) is 11.0. The maximum absolute atomic E-state index is 6.65. The van der Waals surface area contributed by atoms with Gasteiger partial charge >= 0.3 is 0 Å². The van der Waals surface area contributed by atoms with Crippen molar-refractivity contribution in [3.63, 3.8) is 0 Å². The summed E-state index contributed by atoms with van der Waals surface area (Å²) in [6, 6.07) is 0. The van der Waals surface area contributed by atoms with Gasteiger partial charge in [-0.2, -0.15) is 7.06 Å². The minimum absolute atomic E-state index is 0.336. The monoisotopic (exact) mass is 388 g/mol. The van der Waals surface area contributed by atoms with Gasteiger partial charge in [0.25, 0.3) is 0 Å². The molecule has 0 saturated heterocycles. The van der Waals surface area contributed by atoms with Gasteiger partial charge in [-0.25, -0.2) is 0 Å². The lowest BCUT2D eigenvalue weighted by molar-refractivity contribution is 3.23. The standard InChI is InChI=1S/B35H3/c1-19-28(18)33(29(20(2)3)21(4)5)35(32(26(14)15)27(16)17)34(30(22(6)7)23(8)9)31(24(10)11)25(12)13/h1H3/q-1. The van der Waals surface area contributed by atoms with Gasteiger partial charge in [-0.15, -0.1) is 0 Å². The maximum atomic E-state index is 6.65. The Morgan fingerprint density at radius 1 is 0.286 bits per heavy atom. The summed E-state index contributed by atoms with van der Waals surface area (Å²) in [5.41, 5.74) is 0. The van der Waals surface area contributed by atoms with Crippen molar-refractivity contribution in [3.05, 3.63) is 0 Å². The van der Waals surface area contributed by atoms with Gasteiger partial charge in [0, 0.05) is 0 Å². The van der Waals surface area contributed by atoms with Crippen LogP contribution in [0.1, 0.15) is 0 Å². The molecule has 0 rings (SSSR count). The van der Waals surface area contributed by atoms with E-state index in [0.717, 1.165) is 0 Å². The fraction of sp³-hybridized carbons (Fsp3) is 0. The van der Waals surface area contributed by atoms with Gasteiger partial charge in [0.05, 0.1) is 0 Å². The molecule has 0 aromatic rings. The zero-order chi connectivity index (χ0) is 27.9. The quantitative estimate of drug-likeness (QED) is 0.233. The van der Waals surface area contributed by atoms with Crippen LogP contribution in [0.2, 0.25) is 0 Å². The zero-order valence-corrected chi connectivity index (χ0v) is 19.6. The lowest BCUT2D eigenvalue weighted by Crippen LogP contribution is -2.90. The molecule has 0 aromatic heterocycles. The molecule has 0 atom stereocenters. The van der Waals surface area contributed by atoms with Crippen molar-refractivity contribution in [1.29, 1.82) is 0 Å². The van der Waals surface area contributed by atoms with Crippen LogP contribution in [-0.2, 0) is 0 Å². The fourth-order valence-corrected chi connectivity index (χ4v) is 5.39. The Bertz CT molecular complexity index is 482. The Labute approximate surface area is 247 Å². The van der Waals surface area contributed by atoms with Crippen molar-refractivity contribution in [2.24, 2.45) is 0 Å². The van der Waals surface area contributed by atoms with Crippen LogP contribution in [0.15, 0.2) is 0 Å². The van der Waals surface area contributed by atoms with Gasteiger partial charge in [-0.1, -0.05) is 7.74 Å². The average Bonchev–Trinajstić information content (AvgIpc) is 2.66. The van der Waals surface area contributed by atoms with E-state index in [4.69, 9.17) is 132 Å². The summed E-state index contributed by atoms with van der Waals surface area (Å²) in [6.07, 6.45) is -14.8. The predicted octanol–water partition coefficient (Wildman–Crippen LogP) is -14.1. The molecule has 0 aromatic carbocycles. The van der Waals surface area contributed by atoms with Crippen LogP contribution < -0.4 is 0 Å². The van der Waals surface area contributed by atoms with Gasteiger partial charge in [0.1, 0.15) is 0 Å². The van der Waals surface area contributed by atoms with Crippen molar-refractivity contribution in [3.8, 4) is 0 Å². The molecular weight excluding hydrogens is 378 g/mol. The van der Waals surface area contributed by atoms with Crippen molar-refractivity contribution < 1.29 is 0 Å². The number of hydrogen-bond acceptors (Lipinski definition) is 0. The third kappa shape index (κ3) is 10.3. The molecule has 0 aliphatic heterocycles. The van der Waals surface area contributed by atoms with Crippen LogP contribution in [0.4, 0.5) is 0 Å². The van der Waals surface area contributed by atoms with Crippen LogP contribution in [-0.4, -0.2) is 248 Å². The highest BCUT2D eigenvalue weighted by atomic mass is 13.4. The molecule has 0 spiro atoms. The third-order valence-corrected chi connectivity index (χ3v) is 6.67. The van der Waals surface area contributed by atoms with Crippen LogP contribution in [0.3, 0.4) is 0 Å². The molecule has 0 saturated carbocycles. The predicted molar refractivity (Wildman–Crippen MR) is 206 cm³/mol. The summed E-state index contributed by atoms with van der Waals surface area (Å²) in [7, 11) is 107. The second-order valence-corrected chi connectivity index (χ2v) is 9.24. The smallest absolute Gasteiger partial charge is 0.0000000000000851 e. The minimum Gasteiger partial charge on any atom is -0.158 e. The summed E-state index contributed by atoms with van der Waals surface area (Å²) in [6.45, 7) is 0. The van der Waals surface area contributed by atoms with Gasteiger partial charge in [-0.05, 0) is 234 Å². The van der Waals surface area contributed by atoms with Crippen LogP contribution >= 0.6 is 0 Å². The molecule has 35 heavy (non-hydrogen) atoms. The maximum Gasteiger partial charge on any atom is -0.0000000000000851 e. The summed E-state index contributed by atoms with van der Waals surface area (Å²) in [5, 5.41) is 0. The molecule has 0 N–H and O–H groups in total. The van der Waals surface area contributed by atoms with E-state index < -0.39 is 102 Å². The molecule has 0 nitrogen and oxygen atoms in total. The highest BCUT2D eigenvalue weighted by molar-refractivity contribution is 8.30. The summed E-state index contributed by atoms with van der Waals surface area (Å²) >= 11 is 0. The van der Waals surface area contributed by atoms with Gasteiger partial charge in [-0.3, -0.25) is 0 Å². The second-order valence-electron chi connectivity index (χ2n) is 9.24. The molecule has 0 bridgehead atoms. The SMILES string of the molecule is [B]B([B])B(B([B])[B])B(B([B])[B][BH3-])B(B(B([B])[B])B([B])[B])B(B(B([B])[B])B([B])[B])B(B([B])[B])B([B])[B]. The molecule has 35 heteroatoms. The molecule has 0 aliphatic rings. The number of rotatable bonds is 16. The Morgan fingerprint density at radius 2 is 0.457 bits per heavy atom. The van der Waals surface area contributed by atoms with E-state index in [1.54, 1.807) is 0 Å².